The molecule has 1 atom stereocenters. The number of esters is 1. The highest BCUT2D eigenvalue weighted by molar-refractivity contribution is 6.01. The van der Waals surface area contributed by atoms with Crippen LogP contribution in [0.15, 0.2) is 36.4 Å². The van der Waals surface area contributed by atoms with Gasteiger partial charge < -0.3 is 24.4 Å². The zero-order valence-corrected chi connectivity index (χ0v) is 18.3. The normalized spacial score (nSPS) is 15.2. The number of amides is 2. The quantitative estimate of drug-likeness (QED) is 0.363. The molecule has 11 heteroatoms. The van der Waals surface area contributed by atoms with E-state index in [0.29, 0.717) is 22.7 Å². The zero-order valence-electron chi connectivity index (χ0n) is 18.3. The standard InChI is InChI=1S/C22H23N3O8/c1-13-4-5-15(9-17(13)25(29)30)23-20(26)12-33-22(28)14-8-21(27)24(11-14)18-10-16(31-2)6-7-19(18)32-3/h4-7,9-10,14H,8,11-12H2,1-3H3,(H,23,26)/t14-/m1/s1. The van der Waals surface area contributed by atoms with E-state index in [1.54, 1.807) is 25.1 Å². The number of nitro groups is 1. The summed E-state index contributed by atoms with van der Waals surface area (Å²) in [5.41, 5.74) is 0.992. The molecule has 0 spiro atoms. The molecule has 0 aromatic heterocycles. The highest BCUT2D eigenvalue weighted by Gasteiger charge is 2.37. The van der Waals surface area contributed by atoms with Crippen molar-refractivity contribution < 1.29 is 33.5 Å². The molecule has 33 heavy (non-hydrogen) atoms. The van der Waals surface area contributed by atoms with Gasteiger partial charge in [0.05, 0.1) is 30.7 Å². The van der Waals surface area contributed by atoms with E-state index in [1.807, 2.05) is 0 Å². The number of nitro benzene ring substituents is 1. The second kappa shape index (κ2) is 9.98. The number of nitrogens with zero attached hydrogens (tertiary/aromatic N) is 2. The molecule has 0 saturated carbocycles. The van der Waals surface area contributed by atoms with Crippen molar-refractivity contribution in [3.8, 4) is 11.5 Å². The third kappa shape index (κ3) is 5.37. The van der Waals surface area contributed by atoms with Crippen LogP contribution in [0, 0.1) is 23.0 Å². The summed E-state index contributed by atoms with van der Waals surface area (Å²) in [6.45, 7) is 1.06. The predicted molar refractivity (Wildman–Crippen MR) is 117 cm³/mol. The molecule has 1 fully saturated rings. The van der Waals surface area contributed by atoms with Crippen LogP contribution in [0.25, 0.3) is 0 Å². The molecule has 0 unspecified atom stereocenters. The summed E-state index contributed by atoms with van der Waals surface area (Å²) in [4.78, 5) is 49.0. The number of hydrogen-bond donors (Lipinski definition) is 1. The molecule has 3 rings (SSSR count). The maximum absolute atomic E-state index is 12.5. The van der Waals surface area contributed by atoms with Gasteiger partial charge in [-0.2, -0.15) is 0 Å². The maximum atomic E-state index is 12.5. The maximum Gasteiger partial charge on any atom is 0.311 e. The van der Waals surface area contributed by atoms with E-state index < -0.39 is 29.3 Å². The lowest BCUT2D eigenvalue weighted by atomic mass is 10.1. The van der Waals surface area contributed by atoms with Gasteiger partial charge in [-0.25, -0.2) is 0 Å². The summed E-state index contributed by atoms with van der Waals surface area (Å²) >= 11 is 0. The molecule has 11 nitrogen and oxygen atoms in total. The number of anilines is 2. The van der Waals surface area contributed by atoms with Gasteiger partial charge in [0.15, 0.2) is 6.61 Å². The van der Waals surface area contributed by atoms with E-state index in [4.69, 9.17) is 14.2 Å². The van der Waals surface area contributed by atoms with Crippen LogP contribution in [-0.2, 0) is 19.1 Å². The molecule has 2 amide bonds. The Balaban J connectivity index is 1.60. The predicted octanol–water partition coefficient (Wildman–Crippen LogP) is 2.46. The molecular formula is C22H23N3O8. The molecule has 1 saturated heterocycles. The lowest BCUT2D eigenvalue weighted by Crippen LogP contribution is -2.28. The third-order valence-electron chi connectivity index (χ3n) is 5.17. The van der Waals surface area contributed by atoms with Crippen molar-refractivity contribution in [3.63, 3.8) is 0 Å². The molecule has 1 aliphatic heterocycles. The molecule has 174 valence electrons. The van der Waals surface area contributed by atoms with Crippen LogP contribution in [0.3, 0.4) is 0 Å². The Bertz CT molecular complexity index is 1100. The molecule has 1 heterocycles. The van der Waals surface area contributed by atoms with Crippen LogP contribution in [-0.4, -0.2) is 50.1 Å². The van der Waals surface area contributed by atoms with Crippen molar-refractivity contribution in [2.75, 3.05) is 37.6 Å². The Morgan fingerprint density at radius 2 is 1.94 bits per heavy atom. The molecule has 1 aliphatic rings. The SMILES string of the molecule is COc1ccc(OC)c(N2C[C@H](C(=O)OCC(=O)Nc3ccc(C)c([N+](=O)[O-])c3)CC2=O)c1. The third-order valence-corrected chi connectivity index (χ3v) is 5.17. The molecule has 1 N–H and O–H groups in total. The summed E-state index contributed by atoms with van der Waals surface area (Å²) in [5, 5.41) is 13.5. The smallest absolute Gasteiger partial charge is 0.311 e. The fourth-order valence-corrected chi connectivity index (χ4v) is 3.44. The van der Waals surface area contributed by atoms with Gasteiger partial charge in [-0.15, -0.1) is 0 Å². The number of rotatable bonds is 8. The molecule has 0 radical (unpaired) electrons. The van der Waals surface area contributed by atoms with Gasteiger partial charge in [0.25, 0.3) is 11.6 Å². The van der Waals surface area contributed by atoms with Crippen LogP contribution >= 0.6 is 0 Å². The molecular weight excluding hydrogens is 434 g/mol. The topological polar surface area (TPSA) is 137 Å². The number of hydrogen-bond acceptors (Lipinski definition) is 8. The first-order valence-corrected chi connectivity index (χ1v) is 9.97. The van der Waals surface area contributed by atoms with Crippen LogP contribution in [0.4, 0.5) is 17.1 Å². The number of methoxy groups -OCH3 is 2. The van der Waals surface area contributed by atoms with E-state index in [0.717, 1.165) is 0 Å². The summed E-state index contributed by atoms with van der Waals surface area (Å²) in [6.07, 6.45) is -0.0784. The minimum atomic E-state index is -0.762. The Kier molecular flexibility index (Phi) is 7.11. The van der Waals surface area contributed by atoms with Crippen molar-refractivity contribution in [1.82, 2.24) is 0 Å². The van der Waals surface area contributed by atoms with E-state index >= 15 is 0 Å². The number of carbonyl (C=O) groups is 3. The van der Waals surface area contributed by atoms with Crippen molar-refractivity contribution in [1.29, 1.82) is 0 Å². The Morgan fingerprint density at radius 1 is 1.18 bits per heavy atom. The van der Waals surface area contributed by atoms with E-state index in [9.17, 15) is 24.5 Å². The first kappa shape index (κ1) is 23.5. The summed E-state index contributed by atoms with van der Waals surface area (Å²) in [7, 11) is 2.97. The average molecular weight is 457 g/mol. The molecule has 2 aromatic carbocycles. The van der Waals surface area contributed by atoms with Crippen molar-refractivity contribution in [2.24, 2.45) is 5.92 Å². The van der Waals surface area contributed by atoms with Gasteiger partial charge in [0.2, 0.25) is 5.91 Å². The fraction of sp³-hybridized carbons (Fsp3) is 0.318. The first-order chi connectivity index (χ1) is 15.7. The van der Waals surface area contributed by atoms with E-state index in [-0.39, 0.29) is 30.2 Å². The first-order valence-electron chi connectivity index (χ1n) is 9.97. The number of benzene rings is 2. The summed E-state index contributed by atoms with van der Waals surface area (Å²) < 4.78 is 15.6. The van der Waals surface area contributed by atoms with Crippen LogP contribution in [0.2, 0.25) is 0 Å². The van der Waals surface area contributed by atoms with Gasteiger partial charge >= 0.3 is 5.97 Å². The van der Waals surface area contributed by atoms with Crippen LogP contribution in [0.5, 0.6) is 11.5 Å². The van der Waals surface area contributed by atoms with Gasteiger partial charge in [0, 0.05) is 36.3 Å². The minimum Gasteiger partial charge on any atom is -0.497 e. The van der Waals surface area contributed by atoms with Gasteiger partial charge in [0.1, 0.15) is 11.5 Å². The monoisotopic (exact) mass is 457 g/mol. The summed E-state index contributed by atoms with van der Waals surface area (Å²) in [6, 6.07) is 9.23. The average Bonchev–Trinajstić information content (AvgIpc) is 3.19. The second-order valence-electron chi connectivity index (χ2n) is 7.36. The molecule has 2 aromatic rings. The van der Waals surface area contributed by atoms with E-state index in [1.165, 1.54) is 37.3 Å². The number of carbonyl (C=O) groups excluding carboxylic acids is 3. The second-order valence-corrected chi connectivity index (χ2v) is 7.36. The van der Waals surface area contributed by atoms with Gasteiger partial charge in [-0.05, 0) is 25.1 Å². The van der Waals surface area contributed by atoms with Crippen LogP contribution in [0.1, 0.15) is 12.0 Å². The lowest BCUT2D eigenvalue weighted by molar-refractivity contribution is -0.385. The van der Waals surface area contributed by atoms with Crippen LogP contribution < -0.4 is 19.7 Å². The van der Waals surface area contributed by atoms with Crippen molar-refractivity contribution in [2.45, 2.75) is 13.3 Å². The van der Waals surface area contributed by atoms with E-state index in [2.05, 4.69) is 5.32 Å². The Hall–Kier alpha value is -4.15. The Labute approximate surface area is 189 Å². The number of aryl methyl sites for hydroxylation is 1. The van der Waals surface area contributed by atoms with Gasteiger partial charge in [-0.1, -0.05) is 6.07 Å². The van der Waals surface area contributed by atoms with Crippen molar-refractivity contribution >= 4 is 34.8 Å². The molecule has 0 aliphatic carbocycles. The largest absolute Gasteiger partial charge is 0.497 e. The highest BCUT2D eigenvalue weighted by atomic mass is 16.6. The highest BCUT2D eigenvalue weighted by Crippen LogP contribution is 2.36. The lowest BCUT2D eigenvalue weighted by Gasteiger charge is -2.20. The summed E-state index contributed by atoms with van der Waals surface area (Å²) in [5.74, 6) is -1.43. The Morgan fingerprint density at radius 3 is 2.61 bits per heavy atom. The zero-order chi connectivity index (χ0) is 24.1. The van der Waals surface area contributed by atoms with Gasteiger partial charge in [-0.3, -0.25) is 24.5 Å². The number of ether oxygens (including phenoxy) is 3. The molecule has 0 bridgehead atoms. The van der Waals surface area contributed by atoms with Crippen molar-refractivity contribution in [3.05, 3.63) is 52.1 Å². The number of nitrogens with one attached hydrogen (secondary N) is 1. The fourth-order valence-electron chi connectivity index (χ4n) is 3.44. The minimum absolute atomic E-state index is 0.0625.